The van der Waals surface area contributed by atoms with E-state index < -0.39 is 5.91 Å². The Balaban J connectivity index is 1.74. The summed E-state index contributed by atoms with van der Waals surface area (Å²) >= 11 is 1.94. The number of hydrogen-bond donors (Lipinski definition) is 0. The maximum Gasteiger partial charge on any atom is 0.400 e. The van der Waals surface area contributed by atoms with E-state index in [2.05, 4.69) is 67.1 Å². The van der Waals surface area contributed by atoms with Crippen molar-refractivity contribution < 1.29 is 14.0 Å². The van der Waals surface area contributed by atoms with Crippen molar-refractivity contribution in [1.29, 1.82) is 0 Å². The first-order chi connectivity index (χ1) is 11.2. The predicted molar refractivity (Wildman–Crippen MR) is 88.1 cm³/mol. The van der Waals surface area contributed by atoms with Gasteiger partial charge < -0.3 is 0 Å². The van der Waals surface area contributed by atoms with Crippen LogP contribution in [0.25, 0.3) is 0 Å². The van der Waals surface area contributed by atoms with E-state index in [0.29, 0.717) is 5.25 Å². The molecular weight excluding hydrogens is 306 g/mol. The fraction of sp³-hybridized carbons (Fsp3) is 0.421. The number of pyridine rings is 1. The average molecular weight is 326 g/mol. The van der Waals surface area contributed by atoms with Gasteiger partial charge in [-0.25, -0.2) is 0 Å². The molecule has 4 unspecified atom stereocenters. The molecule has 1 fully saturated rings. The molecule has 0 aliphatic carbocycles. The van der Waals surface area contributed by atoms with E-state index in [4.69, 9.17) is 9.47 Å². The maximum atomic E-state index is 6.53. The van der Waals surface area contributed by atoms with Crippen molar-refractivity contribution >= 4 is 11.8 Å². The van der Waals surface area contributed by atoms with E-state index in [1.807, 2.05) is 11.8 Å². The standard InChI is InChI=1S/C19H20NO2S/c1-12-11-13(2)22-19(21-12)17-14-7-3-4-9-16(14)23-18(17)15-8-5-6-10-20(15)19/h3-10,12-13,17-18H,11H2,1-2H3/q+1. The highest BCUT2D eigenvalue weighted by atomic mass is 32.2. The maximum absolute atomic E-state index is 6.53. The molecule has 23 heavy (non-hydrogen) atoms. The lowest BCUT2D eigenvalue weighted by Gasteiger charge is -2.38. The van der Waals surface area contributed by atoms with Gasteiger partial charge in [0.15, 0.2) is 6.20 Å². The first-order valence-electron chi connectivity index (χ1n) is 8.31. The van der Waals surface area contributed by atoms with Crippen LogP contribution in [0, 0.1) is 0 Å². The van der Waals surface area contributed by atoms with Crippen molar-refractivity contribution in [3.05, 3.63) is 59.9 Å². The van der Waals surface area contributed by atoms with E-state index in [9.17, 15) is 0 Å². The van der Waals surface area contributed by atoms with Crippen LogP contribution in [0.15, 0.2) is 53.6 Å². The molecular formula is C19H20NO2S+. The molecule has 3 aliphatic rings. The van der Waals surface area contributed by atoms with Crippen molar-refractivity contribution in [1.82, 2.24) is 0 Å². The number of aromatic nitrogens is 1. The van der Waals surface area contributed by atoms with Crippen LogP contribution >= 0.6 is 11.8 Å². The van der Waals surface area contributed by atoms with Gasteiger partial charge in [-0.1, -0.05) is 24.3 Å². The van der Waals surface area contributed by atoms with E-state index in [-0.39, 0.29) is 18.1 Å². The fourth-order valence-corrected chi connectivity index (χ4v) is 5.91. The Bertz CT molecular complexity index is 767. The number of rotatable bonds is 0. The van der Waals surface area contributed by atoms with Crippen LogP contribution in [0.4, 0.5) is 0 Å². The monoisotopic (exact) mass is 326 g/mol. The zero-order valence-corrected chi connectivity index (χ0v) is 14.1. The second kappa shape index (κ2) is 4.82. The molecule has 3 nitrogen and oxygen atoms in total. The van der Waals surface area contributed by atoms with Gasteiger partial charge in [0.05, 0.1) is 12.2 Å². The lowest BCUT2D eigenvalue weighted by atomic mass is 9.92. The van der Waals surface area contributed by atoms with Gasteiger partial charge in [0.2, 0.25) is 5.69 Å². The fourth-order valence-electron chi connectivity index (χ4n) is 4.38. The minimum atomic E-state index is -0.710. The third-order valence-electron chi connectivity index (χ3n) is 5.13. The molecule has 4 heterocycles. The molecule has 2 aromatic rings. The zero-order valence-electron chi connectivity index (χ0n) is 13.3. The third-order valence-corrected chi connectivity index (χ3v) is 6.52. The van der Waals surface area contributed by atoms with Crippen LogP contribution in [0.2, 0.25) is 0 Å². The summed E-state index contributed by atoms with van der Waals surface area (Å²) in [7, 11) is 0. The van der Waals surface area contributed by atoms with E-state index in [1.54, 1.807) is 0 Å². The van der Waals surface area contributed by atoms with Gasteiger partial charge in [-0.05, 0) is 31.9 Å². The van der Waals surface area contributed by atoms with Crippen LogP contribution in [0.5, 0.6) is 0 Å². The molecule has 0 radical (unpaired) electrons. The van der Waals surface area contributed by atoms with Crippen LogP contribution in [0.3, 0.4) is 0 Å². The molecule has 118 valence electrons. The van der Waals surface area contributed by atoms with Crippen molar-refractivity contribution in [2.75, 3.05) is 0 Å². The Morgan fingerprint density at radius 2 is 1.78 bits per heavy atom. The smallest absolute Gasteiger partial charge is 0.291 e. The minimum absolute atomic E-state index is 0.191. The Labute approximate surface area is 140 Å². The largest absolute Gasteiger partial charge is 0.400 e. The molecule has 1 aromatic carbocycles. The highest BCUT2D eigenvalue weighted by molar-refractivity contribution is 8.00. The summed E-state index contributed by atoms with van der Waals surface area (Å²) in [4.78, 5) is 1.36. The van der Waals surface area contributed by atoms with E-state index in [0.717, 1.165) is 6.42 Å². The Hall–Kier alpha value is -1.36. The molecule has 4 atom stereocenters. The van der Waals surface area contributed by atoms with Crippen molar-refractivity contribution in [3.8, 4) is 0 Å². The molecule has 0 saturated carbocycles. The van der Waals surface area contributed by atoms with Gasteiger partial charge in [0.25, 0.3) is 0 Å². The first kappa shape index (κ1) is 14.0. The van der Waals surface area contributed by atoms with Gasteiger partial charge in [-0.2, -0.15) is 0 Å². The zero-order chi connectivity index (χ0) is 15.6. The van der Waals surface area contributed by atoms with Gasteiger partial charge in [0.1, 0.15) is 11.2 Å². The summed E-state index contributed by atoms with van der Waals surface area (Å²) in [6.45, 7) is 4.32. The van der Waals surface area contributed by atoms with Gasteiger partial charge in [0, 0.05) is 17.0 Å². The lowest BCUT2D eigenvalue weighted by Crippen LogP contribution is -2.64. The first-order valence-corrected chi connectivity index (χ1v) is 9.19. The van der Waals surface area contributed by atoms with Gasteiger partial charge >= 0.3 is 5.91 Å². The van der Waals surface area contributed by atoms with E-state index >= 15 is 0 Å². The molecule has 5 rings (SSSR count). The number of benzene rings is 1. The Morgan fingerprint density at radius 1 is 1.04 bits per heavy atom. The lowest BCUT2D eigenvalue weighted by molar-refractivity contribution is -0.861. The Kier molecular flexibility index (Phi) is 2.94. The number of thioether (sulfide) groups is 1. The number of ether oxygens (including phenoxy) is 2. The van der Waals surface area contributed by atoms with Crippen LogP contribution in [0.1, 0.15) is 42.7 Å². The Morgan fingerprint density at radius 3 is 2.61 bits per heavy atom. The summed E-state index contributed by atoms with van der Waals surface area (Å²) in [5.41, 5.74) is 2.65. The molecule has 1 spiro atoms. The van der Waals surface area contributed by atoms with Crippen molar-refractivity contribution in [2.45, 2.75) is 54.5 Å². The van der Waals surface area contributed by atoms with E-state index in [1.165, 1.54) is 16.2 Å². The average Bonchev–Trinajstić information content (AvgIpc) is 3.03. The number of nitrogens with zero attached hydrogens (tertiary/aromatic N) is 1. The summed E-state index contributed by atoms with van der Waals surface area (Å²) in [6, 6.07) is 15.1. The minimum Gasteiger partial charge on any atom is -0.291 e. The van der Waals surface area contributed by atoms with Crippen LogP contribution < -0.4 is 4.57 Å². The molecule has 4 heteroatoms. The van der Waals surface area contributed by atoms with Crippen molar-refractivity contribution in [3.63, 3.8) is 0 Å². The number of hydrogen-bond acceptors (Lipinski definition) is 3. The SMILES string of the molecule is CC1CC(C)OC2(O1)C1c3ccccc3SC1c1cccc[n+]12. The summed E-state index contributed by atoms with van der Waals surface area (Å²) in [6.07, 6.45) is 3.43. The quantitative estimate of drug-likeness (QED) is 0.689. The molecule has 3 aliphatic heterocycles. The molecule has 0 amide bonds. The van der Waals surface area contributed by atoms with Crippen LogP contribution in [-0.4, -0.2) is 12.2 Å². The van der Waals surface area contributed by atoms with Crippen LogP contribution in [-0.2, 0) is 15.4 Å². The summed E-state index contributed by atoms with van der Waals surface area (Å²) in [5.74, 6) is -0.505. The van der Waals surface area contributed by atoms with Gasteiger partial charge in [-0.15, -0.1) is 16.3 Å². The molecule has 1 saturated heterocycles. The topological polar surface area (TPSA) is 22.3 Å². The van der Waals surface area contributed by atoms with Gasteiger partial charge in [-0.3, -0.25) is 9.47 Å². The normalized spacial score (nSPS) is 37.5. The molecule has 0 N–H and O–H groups in total. The highest BCUT2D eigenvalue weighted by Gasteiger charge is 2.68. The second-order valence-electron chi connectivity index (χ2n) is 6.77. The number of fused-ring (bicyclic) bond motifs is 7. The third kappa shape index (κ3) is 1.83. The second-order valence-corrected chi connectivity index (χ2v) is 7.96. The van der Waals surface area contributed by atoms with Crippen molar-refractivity contribution in [2.24, 2.45) is 0 Å². The molecule has 0 bridgehead atoms. The summed E-state index contributed by atoms with van der Waals surface area (Å²) in [5, 5.41) is 0.353. The summed E-state index contributed by atoms with van der Waals surface area (Å²) < 4.78 is 15.3. The molecule has 1 aromatic heterocycles. The predicted octanol–water partition coefficient (Wildman–Crippen LogP) is 3.74. The highest BCUT2D eigenvalue weighted by Crippen LogP contribution is 2.63.